The summed E-state index contributed by atoms with van der Waals surface area (Å²) in [6.45, 7) is 0. The van der Waals surface area contributed by atoms with Crippen molar-refractivity contribution in [1.82, 2.24) is 5.32 Å². The first-order valence-electron chi connectivity index (χ1n) is 4.38. The molecule has 0 aromatic carbocycles. The van der Waals surface area contributed by atoms with E-state index in [0.29, 0.717) is 0 Å². The molecule has 0 spiro atoms. The smallest absolute Gasteiger partial charge is 0.240 e. The highest BCUT2D eigenvalue weighted by Crippen LogP contribution is 2.35. The van der Waals surface area contributed by atoms with Gasteiger partial charge in [0.05, 0.1) is 6.07 Å². The van der Waals surface area contributed by atoms with Crippen LogP contribution in [0.5, 0.6) is 0 Å². The van der Waals surface area contributed by atoms with E-state index in [2.05, 4.69) is 11.4 Å². The van der Waals surface area contributed by atoms with Crippen molar-refractivity contribution in [2.45, 2.75) is 32.1 Å². The molecule has 1 aliphatic carbocycles. The van der Waals surface area contributed by atoms with Gasteiger partial charge in [0.15, 0.2) is 0 Å². The van der Waals surface area contributed by atoms with E-state index in [0.717, 1.165) is 32.1 Å². The summed E-state index contributed by atoms with van der Waals surface area (Å²) in [6, 6.07) is 2.16. The highest BCUT2D eigenvalue weighted by Gasteiger charge is 2.38. The van der Waals surface area contributed by atoms with E-state index in [-0.39, 0.29) is 5.91 Å². The lowest BCUT2D eigenvalue weighted by Crippen LogP contribution is -2.39. The highest BCUT2D eigenvalue weighted by molar-refractivity contribution is 5.85. The van der Waals surface area contributed by atoms with Crippen molar-refractivity contribution in [2.75, 3.05) is 7.05 Å². The summed E-state index contributed by atoms with van der Waals surface area (Å²) >= 11 is 0. The molecule has 1 rings (SSSR count). The number of nitrogens with one attached hydrogen (secondary N) is 1. The number of carbonyl (C=O) groups excluding carboxylic acids is 1. The molecule has 0 aliphatic heterocycles. The van der Waals surface area contributed by atoms with E-state index >= 15 is 0 Å². The zero-order valence-electron chi connectivity index (χ0n) is 7.39. The van der Waals surface area contributed by atoms with Gasteiger partial charge in [-0.15, -0.1) is 0 Å². The van der Waals surface area contributed by atoms with E-state index in [1.165, 1.54) is 0 Å². The Hall–Kier alpha value is -1.04. The number of nitrogens with zero attached hydrogens (tertiary/aromatic N) is 1. The molecule has 1 fully saturated rings. The van der Waals surface area contributed by atoms with Crippen LogP contribution in [-0.2, 0) is 4.79 Å². The van der Waals surface area contributed by atoms with Gasteiger partial charge in [-0.3, -0.25) is 4.79 Å². The number of hydrogen-bond donors (Lipinski definition) is 1. The Kier molecular flexibility index (Phi) is 2.69. The van der Waals surface area contributed by atoms with E-state index in [1.807, 2.05) is 0 Å². The van der Waals surface area contributed by atoms with Crippen LogP contribution in [0.3, 0.4) is 0 Å². The van der Waals surface area contributed by atoms with Gasteiger partial charge in [-0.2, -0.15) is 5.26 Å². The molecule has 0 aromatic heterocycles. The number of hydrogen-bond acceptors (Lipinski definition) is 2. The van der Waals surface area contributed by atoms with E-state index in [1.54, 1.807) is 7.05 Å². The SMILES string of the molecule is CNC(=O)C1(C#N)CCCCC1. The first kappa shape index (κ1) is 9.05. The van der Waals surface area contributed by atoms with Gasteiger partial charge in [0.25, 0.3) is 0 Å². The molecule has 0 atom stereocenters. The molecular formula is C9H14N2O. The number of rotatable bonds is 1. The van der Waals surface area contributed by atoms with Crippen LogP contribution in [0.25, 0.3) is 0 Å². The third-order valence-electron chi connectivity index (χ3n) is 2.58. The van der Waals surface area contributed by atoms with Crippen LogP contribution in [-0.4, -0.2) is 13.0 Å². The average molecular weight is 166 g/mol. The predicted octanol–water partition coefficient (Wildman–Crippen LogP) is 1.21. The van der Waals surface area contributed by atoms with E-state index in [4.69, 9.17) is 5.26 Å². The minimum absolute atomic E-state index is 0.107. The van der Waals surface area contributed by atoms with Gasteiger partial charge in [0.1, 0.15) is 5.41 Å². The number of carbonyl (C=O) groups is 1. The molecule has 3 nitrogen and oxygen atoms in total. The van der Waals surface area contributed by atoms with Crippen molar-refractivity contribution in [3.63, 3.8) is 0 Å². The zero-order valence-corrected chi connectivity index (χ0v) is 7.39. The zero-order chi connectivity index (χ0) is 9.03. The Bertz CT molecular complexity index is 211. The largest absolute Gasteiger partial charge is 0.358 e. The molecule has 66 valence electrons. The first-order chi connectivity index (χ1) is 5.75. The molecule has 12 heavy (non-hydrogen) atoms. The third kappa shape index (κ3) is 1.42. The Morgan fingerprint density at radius 2 is 2.00 bits per heavy atom. The molecule has 1 aliphatic rings. The summed E-state index contributed by atoms with van der Waals surface area (Å²) in [5.41, 5.74) is -0.715. The van der Waals surface area contributed by atoms with Gasteiger partial charge in [-0.1, -0.05) is 19.3 Å². The van der Waals surface area contributed by atoms with Crippen molar-refractivity contribution in [3.8, 4) is 6.07 Å². The molecule has 0 aromatic rings. The summed E-state index contributed by atoms with van der Waals surface area (Å²) in [5, 5.41) is 11.5. The molecular weight excluding hydrogens is 152 g/mol. The fourth-order valence-corrected chi connectivity index (χ4v) is 1.78. The first-order valence-corrected chi connectivity index (χ1v) is 4.38. The van der Waals surface area contributed by atoms with Crippen molar-refractivity contribution in [2.24, 2.45) is 5.41 Å². The maximum absolute atomic E-state index is 11.4. The molecule has 3 heteroatoms. The second-order valence-corrected chi connectivity index (χ2v) is 3.33. The summed E-state index contributed by atoms with van der Waals surface area (Å²) in [7, 11) is 1.59. The summed E-state index contributed by atoms with van der Waals surface area (Å²) in [5.74, 6) is -0.107. The Labute approximate surface area is 72.8 Å². The van der Waals surface area contributed by atoms with Gasteiger partial charge >= 0.3 is 0 Å². The minimum atomic E-state index is -0.715. The normalized spacial score (nSPS) is 21.0. The van der Waals surface area contributed by atoms with Crippen LogP contribution >= 0.6 is 0 Å². The summed E-state index contributed by atoms with van der Waals surface area (Å²) in [6.07, 6.45) is 4.61. The molecule has 0 heterocycles. The van der Waals surface area contributed by atoms with Crippen LogP contribution in [0.2, 0.25) is 0 Å². The fraction of sp³-hybridized carbons (Fsp3) is 0.778. The second-order valence-electron chi connectivity index (χ2n) is 3.33. The molecule has 1 amide bonds. The quantitative estimate of drug-likeness (QED) is 0.636. The van der Waals surface area contributed by atoms with Crippen molar-refractivity contribution >= 4 is 5.91 Å². The van der Waals surface area contributed by atoms with Crippen LogP contribution in [0.15, 0.2) is 0 Å². The lowest BCUT2D eigenvalue weighted by Gasteiger charge is -2.28. The van der Waals surface area contributed by atoms with Crippen molar-refractivity contribution < 1.29 is 4.79 Å². The monoisotopic (exact) mass is 166 g/mol. The van der Waals surface area contributed by atoms with Gasteiger partial charge in [-0.05, 0) is 12.8 Å². The lowest BCUT2D eigenvalue weighted by molar-refractivity contribution is -0.129. The Balaban J connectivity index is 2.74. The molecule has 1 saturated carbocycles. The van der Waals surface area contributed by atoms with Crippen molar-refractivity contribution in [1.29, 1.82) is 5.26 Å². The lowest BCUT2D eigenvalue weighted by atomic mass is 9.74. The second kappa shape index (κ2) is 3.57. The van der Waals surface area contributed by atoms with Crippen LogP contribution in [0, 0.1) is 16.7 Å². The molecule has 1 N–H and O–H groups in total. The summed E-state index contributed by atoms with van der Waals surface area (Å²) < 4.78 is 0. The van der Waals surface area contributed by atoms with Gasteiger partial charge in [-0.25, -0.2) is 0 Å². The average Bonchev–Trinajstić information content (AvgIpc) is 2.17. The topological polar surface area (TPSA) is 52.9 Å². The Morgan fingerprint density at radius 1 is 1.42 bits per heavy atom. The van der Waals surface area contributed by atoms with Crippen LogP contribution in [0.1, 0.15) is 32.1 Å². The fourth-order valence-electron chi connectivity index (χ4n) is 1.78. The Morgan fingerprint density at radius 3 is 2.42 bits per heavy atom. The van der Waals surface area contributed by atoms with Crippen LogP contribution < -0.4 is 5.32 Å². The number of nitriles is 1. The molecule has 0 unspecified atom stereocenters. The van der Waals surface area contributed by atoms with E-state index < -0.39 is 5.41 Å². The molecule has 0 radical (unpaired) electrons. The van der Waals surface area contributed by atoms with Crippen molar-refractivity contribution in [3.05, 3.63) is 0 Å². The molecule has 0 saturated heterocycles. The van der Waals surface area contributed by atoms with Crippen LogP contribution in [0.4, 0.5) is 0 Å². The predicted molar refractivity (Wildman–Crippen MR) is 45.2 cm³/mol. The maximum atomic E-state index is 11.4. The molecule has 0 bridgehead atoms. The van der Waals surface area contributed by atoms with E-state index in [9.17, 15) is 4.79 Å². The maximum Gasteiger partial charge on any atom is 0.240 e. The summed E-state index contributed by atoms with van der Waals surface area (Å²) in [4.78, 5) is 11.4. The standard InChI is InChI=1S/C9H14N2O/c1-11-8(12)9(7-10)5-3-2-4-6-9/h2-6H2,1H3,(H,11,12). The van der Waals surface area contributed by atoms with Gasteiger partial charge in [0.2, 0.25) is 5.91 Å². The third-order valence-corrected chi connectivity index (χ3v) is 2.58. The number of amides is 1. The highest BCUT2D eigenvalue weighted by atomic mass is 16.2. The minimum Gasteiger partial charge on any atom is -0.358 e. The van der Waals surface area contributed by atoms with Gasteiger partial charge in [0, 0.05) is 7.05 Å². The van der Waals surface area contributed by atoms with Gasteiger partial charge < -0.3 is 5.32 Å².